The van der Waals surface area contributed by atoms with E-state index in [0.29, 0.717) is 21.8 Å². The third-order valence-electron chi connectivity index (χ3n) is 3.83. The van der Waals surface area contributed by atoms with Crippen LogP contribution in [0, 0.1) is 5.82 Å². The van der Waals surface area contributed by atoms with Crippen LogP contribution in [0.5, 0.6) is 0 Å². The molecule has 2 amide bonds. The first-order valence-electron chi connectivity index (χ1n) is 8.69. The molecule has 0 unspecified atom stereocenters. The summed E-state index contributed by atoms with van der Waals surface area (Å²) >= 11 is 5.92. The average molecular weight is 387 g/mol. The Labute approximate surface area is 162 Å². The maximum Gasteiger partial charge on any atom is 0.258 e. The van der Waals surface area contributed by atoms with Gasteiger partial charge in [0.25, 0.3) is 11.8 Å². The van der Waals surface area contributed by atoms with Gasteiger partial charge in [0.05, 0.1) is 16.6 Å². The molecule has 0 saturated heterocycles. The van der Waals surface area contributed by atoms with E-state index in [4.69, 9.17) is 11.6 Å². The van der Waals surface area contributed by atoms with Crippen molar-refractivity contribution in [1.29, 1.82) is 0 Å². The fourth-order valence-electron chi connectivity index (χ4n) is 2.53. The van der Waals surface area contributed by atoms with Gasteiger partial charge in [0.15, 0.2) is 0 Å². The lowest BCUT2D eigenvalue weighted by molar-refractivity contribution is 0.0879. The summed E-state index contributed by atoms with van der Waals surface area (Å²) < 4.78 is 12.9. The summed E-state index contributed by atoms with van der Waals surface area (Å²) in [6.07, 6.45) is 0.832. The molecule has 0 radical (unpaired) electrons. The predicted molar refractivity (Wildman–Crippen MR) is 106 cm³/mol. The number of aromatic nitrogens is 1. The Balaban J connectivity index is 0.000000181. The van der Waals surface area contributed by atoms with Gasteiger partial charge in [-0.25, -0.2) is 9.37 Å². The molecular formula is C21H20ClFN2O2. The van der Waals surface area contributed by atoms with Crippen LogP contribution in [0.25, 0.3) is 10.9 Å². The average Bonchev–Trinajstić information content (AvgIpc) is 2.98. The van der Waals surface area contributed by atoms with Crippen LogP contribution in [-0.4, -0.2) is 16.8 Å². The minimum Gasteiger partial charge on any atom is -0.288 e. The number of rotatable bonds is 1. The minimum atomic E-state index is -0.300. The Morgan fingerprint density at radius 3 is 2.15 bits per heavy atom. The van der Waals surface area contributed by atoms with E-state index >= 15 is 0 Å². The molecule has 1 aliphatic rings. The first-order chi connectivity index (χ1) is 13.0. The van der Waals surface area contributed by atoms with Crippen molar-refractivity contribution in [3.05, 3.63) is 76.2 Å². The third kappa shape index (κ3) is 4.68. The van der Waals surface area contributed by atoms with Crippen LogP contribution in [0.1, 0.15) is 47.1 Å². The lowest BCUT2D eigenvalue weighted by Crippen LogP contribution is -2.19. The second-order valence-corrected chi connectivity index (χ2v) is 5.82. The number of nitrogens with one attached hydrogen (secondary N) is 1. The molecule has 0 aliphatic carbocycles. The van der Waals surface area contributed by atoms with Crippen LogP contribution in [0.4, 0.5) is 4.39 Å². The van der Waals surface area contributed by atoms with Gasteiger partial charge in [-0.2, -0.15) is 0 Å². The minimum absolute atomic E-state index is 0.287. The Hall–Kier alpha value is -2.79. The monoisotopic (exact) mass is 386 g/mol. The summed E-state index contributed by atoms with van der Waals surface area (Å²) in [6.45, 7) is 6.01. The van der Waals surface area contributed by atoms with E-state index in [1.54, 1.807) is 30.3 Å². The molecule has 6 heteroatoms. The molecule has 0 fully saturated rings. The van der Waals surface area contributed by atoms with Crippen molar-refractivity contribution in [2.75, 3.05) is 0 Å². The summed E-state index contributed by atoms with van der Waals surface area (Å²) in [7, 11) is 0. The third-order valence-corrected chi connectivity index (χ3v) is 4.16. The molecule has 140 valence electrons. The lowest BCUT2D eigenvalue weighted by Gasteiger charge is -2.03. The highest BCUT2D eigenvalue weighted by molar-refractivity contribution is 6.30. The number of hydrogen-bond donors (Lipinski definition) is 1. The van der Waals surface area contributed by atoms with Gasteiger partial charge in [0.1, 0.15) is 11.0 Å². The van der Waals surface area contributed by atoms with Gasteiger partial charge in [-0.1, -0.05) is 44.5 Å². The molecule has 2 heterocycles. The van der Waals surface area contributed by atoms with Crippen molar-refractivity contribution in [1.82, 2.24) is 10.3 Å². The molecule has 3 aromatic rings. The molecule has 0 saturated carbocycles. The molecule has 4 rings (SSSR count). The number of hydrogen-bond acceptors (Lipinski definition) is 3. The topological polar surface area (TPSA) is 59.1 Å². The largest absolute Gasteiger partial charge is 0.288 e. The number of amides is 2. The van der Waals surface area contributed by atoms with Crippen molar-refractivity contribution < 1.29 is 14.0 Å². The molecule has 1 N–H and O–H groups in total. The highest BCUT2D eigenvalue weighted by atomic mass is 35.5. The Morgan fingerprint density at radius 1 is 1.00 bits per heavy atom. The fourth-order valence-corrected chi connectivity index (χ4v) is 2.80. The van der Waals surface area contributed by atoms with Gasteiger partial charge < -0.3 is 0 Å². The number of nitrogens with zero attached hydrogens (tertiary/aromatic N) is 1. The van der Waals surface area contributed by atoms with Gasteiger partial charge in [-0.05, 0) is 42.3 Å². The maximum absolute atomic E-state index is 12.9. The smallest absolute Gasteiger partial charge is 0.258 e. The van der Waals surface area contributed by atoms with Crippen molar-refractivity contribution >= 4 is 34.3 Å². The SMILES string of the molecule is CC.CCc1cc2ccc(F)cc2nc1Cl.O=C1NC(=O)c2ccccc21. The molecule has 2 aromatic carbocycles. The number of carbonyl (C=O) groups excluding carboxylic acids is 2. The number of imide groups is 1. The number of pyridine rings is 1. The highest BCUT2D eigenvalue weighted by Crippen LogP contribution is 2.21. The first-order valence-corrected chi connectivity index (χ1v) is 9.06. The van der Waals surface area contributed by atoms with Crippen molar-refractivity contribution in [3.8, 4) is 0 Å². The second kappa shape index (κ2) is 9.24. The molecular weight excluding hydrogens is 367 g/mol. The van der Waals surface area contributed by atoms with E-state index in [2.05, 4.69) is 10.3 Å². The quantitative estimate of drug-likeness (QED) is 0.462. The van der Waals surface area contributed by atoms with Crippen LogP contribution in [0.15, 0.2) is 48.5 Å². The normalized spacial score (nSPS) is 11.7. The number of halogens is 2. The molecule has 1 aromatic heterocycles. The van der Waals surface area contributed by atoms with Crippen molar-refractivity contribution in [2.45, 2.75) is 27.2 Å². The molecule has 4 nitrogen and oxygen atoms in total. The Morgan fingerprint density at radius 2 is 1.59 bits per heavy atom. The van der Waals surface area contributed by atoms with Crippen molar-refractivity contribution in [2.24, 2.45) is 0 Å². The zero-order chi connectivity index (χ0) is 20.0. The zero-order valence-electron chi connectivity index (χ0n) is 15.3. The fraction of sp³-hybridized carbons (Fsp3) is 0.190. The summed E-state index contributed by atoms with van der Waals surface area (Å²) in [5.41, 5.74) is 2.54. The molecule has 1 aliphatic heterocycles. The number of fused-ring (bicyclic) bond motifs is 2. The summed E-state index contributed by atoms with van der Waals surface area (Å²) in [6, 6.07) is 13.2. The zero-order valence-corrected chi connectivity index (χ0v) is 16.1. The van der Waals surface area contributed by atoms with Crippen LogP contribution < -0.4 is 5.32 Å². The van der Waals surface area contributed by atoms with Gasteiger partial charge >= 0.3 is 0 Å². The molecule has 27 heavy (non-hydrogen) atoms. The van der Waals surface area contributed by atoms with Gasteiger partial charge in [0, 0.05) is 11.5 Å². The number of carbonyl (C=O) groups is 2. The number of benzene rings is 2. The van der Waals surface area contributed by atoms with E-state index < -0.39 is 0 Å². The predicted octanol–water partition coefficient (Wildman–Crippen LogP) is 5.19. The van der Waals surface area contributed by atoms with E-state index in [1.165, 1.54) is 12.1 Å². The Kier molecular flexibility index (Phi) is 7.02. The van der Waals surface area contributed by atoms with Crippen LogP contribution in [0.3, 0.4) is 0 Å². The van der Waals surface area contributed by atoms with Crippen LogP contribution >= 0.6 is 11.6 Å². The lowest BCUT2D eigenvalue weighted by atomic mass is 10.1. The molecule has 0 spiro atoms. The first kappa shape index (κ1) is 20.5. The van der Waals surface area contributed by atoms with E-state index in [9.17, 15) is 14.0 Å². The van der Waals surface area contributed by atoms with E-state index in [-0.39, 0.29) is 17.6 Å². The summed E-state index contributed by atoms with van der Waals surface area (Å²) in [4.78, 5) is 26.0. The van der Waals surface area contributed by atoms with E-state index in [1.807, 2.05) is 26.8 Å². The molecule has 0 atom stereocenters. The van der Waals surface area contributed by atoms with Gasteiger partial charge in [-0.3, -0.25) is 14.9 Å². The summed E-state index contributed by atoms with van der Waals surface area (Å²) in [5.74, 6) is -0.887. The number of aryl methyl sites for hydroxylation is 1. The maximum atomic E-state index is 12.9. The van der Waals surface area contributed by atoms with Crippen molar-refractivity contribution in [3.63, 3.8) is 0 Å². The van der Waals surface area contributed by atoms with Crippen LogP contribution in [0.2, 0.25) is 5.15 Å². The molecule has 0 bridgehead atoms. The van der Waals surface area contributed by atoms with E-state index in [0.717, 1.165) is 17.4 Å². The summed E-state index contributed by atoms with van der Waals surface area (Å²) in [5, 5.41) is 3.59. The Bertz CT molecular complexity index is 956. The van der Waals surface area contributed by atoms with Crippen LogP contribution in [-0.2, 0) is 6.42 Å². The standard InChI is InChI=1S/C11H9ClFN.C8H5NO2.C2H6/c1-2-7-5-8-3-4-9(13)6-10(8)14-11(7)12;10-7-5-3-1-2-4-6(5)8(11)9-7;1-2/h3-6H,2H2,1H3;1-4H,(H,9,10,11);1-2H3. The van der Waals surface area contributed by atoms with Gasteiger partial charge in [-0.15, -0.1) is 0 Å². The highest BCUT2D eigenvalue weighted by Gasteiger charge is 2.25. The second-order valence-electron chi connectivity index (χ2n) is 5.46. The van der Waals surface area contributed by atoms with Gasteiger partial charge in [0.2, 0.25) is 0 Å².